The lowest BCUT2D eigenvalue weighted by molar-refractivity contribution is 0.419. The number of nitriles is 1. The van der Waals surface area contributed by atoms with Gasteiger partial charge in [0, 0.05) is 5.56 Å². The van der Waals surface area contributed by atoms with Crippen LogP contribution in [0, 0.1) is 11.3 Å². The van der Waals surface area contributed by atoms with Crippen molar-refractivity contribution in [2.45, 2.75) is 13.0 Å². The van der Waals surface area contributed by atoms with Gasteiger partial charge in [0.1, 0.15) is 17.6 Å². The van der Waals surface area contributed by atoms with Crippen LogP contribution in [0.2, 0.25) is 0 Å². The summed E-state index contributed by atoms with van der Waals surface area (Å²) in [6.07, 6.45) is 0. The standard InChI is InChI=1S/C16H13N5O/c1-11(18-14-9-5-8-13(10-17)19-14)15-20-16(22-21-15)12-6-3-2-4-7-12/h2-9,11H,1H3,(H,18,19). The van der Waals surface area contributed by atoms with Gasteiger partial charge in [0.2, 0.25) is 0 Å². The third-order valence-electron chi connectivity index (χ3n) is 3.08. The zero-order valence-electron chi connectivity index (χ0n) is 11.9. The van der Waals surface area contributed by atoms with Crippen molar-refractivity contribution < 1.29 is 4.52 Å². The molecule has 0 amide bonds. The highest BCUT2D eigenvalue weighted by molar-refractivity contribution is 5.52. The van der Waals surface area contributed by atoms with Gasteiger partial charge in [-0.2, -0.15) is 10.2 Å². The topological polar surface area (TPSA) is 87.6 Å². The van der Waals surface area contributed by atoms with Gasteiger partial charge in [-0.3, -0.25) is 0 Å². The molecule has 1 aromatic carbocycles. The quantitative estimate of drug-likeness (QED) is 0.794. The Morgan fingerprint density at radius 3 is 2.68 bits per heavy atom. The van der Waals surface area contributed by atoms with Crippen LogP contribution in [0.15, 0.2) is 53.1 Å². The summed E-state index contributed by atoms with van der Waals surface area (Å²) < 4.78 is 5.28. The van der Waals surface area contributed by atoms with Crippen LogP contribution in [0.4, 0.5) is 5.82 Å². The fourth-order valence-electron chi connectivity index (χ4n) is 1.97. The zero-order valence-corrected chi connectivity index (χ0v) is 11.9. The van der Waals surface area contributed by atoms with Crippen LogP contribution in [-0.4, -0.2) is 15.1 Å². The maximum absolute atomic E-state index is 8.86. The molecular formula is C16H13N5O. The van der Waals surface area contributed by atoms with Gasteiger partial charge >= 0.3 is 0 Å². The van der Waals surface area contributed by atoms with Gasteiger partial charge in [-0.1, -0.05) is 29.4 Å². The van der Waals surface area contributed by atoms with Crippen molar-refractivity contribution in [2.24, 2.45) is 0 Å². The Balaban J connectivity index is 1.77. The molecule has 2 heterocycles. The maximum Gasteiger partial charge on any atom is 0.257 e. The molecule has 0 aliphatic carbocycles. The van der Waals surface area contributed by atoms with Gasteiger partial charge in [0.15, 0.2) is 5.82 Å². The summed E-state index contributed by atoms with van der Waals surface area (Å²) in [6.45, 7) is 1.90. The van der Waals surface area contributed by atoms with Gasteiger partial charge in [-0.25, -0.2) is 4.98 Å². The number of pyridine rings is 1. The molecule has 1 N–H and O–H groups in total. The molecule has 0 fully saturated rings. The predicted octanol–water partition coefficient (Wildman–Crippen LogP) is 3.18. The van der Waals surface area contributed by atoms with Crippen molar-refractivity contribution in [1.82, 2.24) is 15.1 Å². The molecule has 3 rings (SSSR count). The Morgan fingerprint density at radius 1 is 1.09 bits per heavy atom. The predicted molar refractivity (Wildman–Crippen MR) is 80.7 cm³/mol. The fourth-order valence-corrected chi connectivity index (χ4v) is 1.97. The Labute approximate surface area is 127 Å². The summed E-state index contributed by atoms with van der Waals surface area (Å²) in [4.78, 5) is 8.55. The van der Waals surface area contributed by atoms with Gasteiger partial charge in [-0.05, 0) is 31.2 Å². The average Bonchev–Trinajstić information content (AvgIpc) is 3.06. The number of rotatable bonds is 4. The molecule has 6 heteroatoms. The minimum Gasteiger partial charge on any atom is -0.360 e. The second kappa shape index (κ2) is 6.06. The Bertz CT molecular complexity index is 807. The molecule has 108 valence electrons. The Morgan fingerprint density at radius 2 is 1.91 bits per heavy atom. The van der Waals surface area contributed by atoms with Crippen LogP contribution in [0.25, 0.3) is 11.5 Å². The molecule has 6 nitrogen and oxygen atoms in total. The highest BCUT2D eigenvalue weighted by Crippen LogP contribution is 2.20. The fraction of sp³-hybridized carbons (Fsp3) is 0.125. The lowest BCUT2D eigenvalue weighted by atomic mass is 10.2. The molecule has 0 saturated carbocycles. The molecule has 0 spiro atoms. The number of hydrogen-bond acceptors (Lipinski definition) is 6. The molecule has 0 radical (unpaired) electrons. The first kappa shape index (κ1) is 13.8. The van der Waals surface area contributed by atoms with E-state index < -0.39 is 0 Å². The molecule has 0 aliphatic heterocycles. The van der Waals surface area contributed by atoms with Gasteiger partial charge < -0.3 is 9.84 Å². The van der Waals surface area contributed by atoms with E-state index in [4.69, 9.17) is 9.78 Å². The SMILES string of the molecule is CC(Nc1cccc(C#N)n1)c1noc(-c2ccccc2)n1. The first-order valence-electron chi connectivity index (χ1n) is 6.79. The van der Waals surface area contributed by atoms with Gasteiger partial charge in [0.25, 0.3) is 5.89 Å². The van der Waals surface area contributed by atoms with Crippen LogP contribution in [0.3, 0.4) is 0 Å². The number of anilines is 1. The summed E-state index contributed by atoms with van der Waals surface area (Å²) in [5, 5.41) is 16.0. The average molecular weight is 291 g/mol. The summed E-state index contributed by atoms with van der Waals surface area (Å²) in [5.41, 5.74) is 1.23. The van der Waals surface area contributed by atoms with E-state index in [9.17, 15) is 0 Å². The molecule has 0 aliphatic rings. The molecule has 22 heavy (non-hydrogen) atoms. The van der Waals surface area contributed by atoms with E-state index in [1.807, 2.05) is 43.3 Å². The number of aromatic nitrogens is 3. The second-order valence-corrected chi connectivity index (χ2v) is 4.71. The number of nitrogens with one attached hydrogen (secondary N) is 1. The minimum atomic E-state index is -0.192. The third kappa shape index (κ3) is 2.94. The first-order valence-corrected chi connectivity index (χ1v) is 6.79. The van der Waals surface area contributed by atoms with Crippen LogP contribution in [0.5, 0.6) is 0 Å². The van der Waals surface area contributed by atoms with Crippen molar-refractivity contribution in [1.29, 1.82) is 5.26 Å². The largest absolute Gasteiger partial charge is 0.360 e. The van der Waals surface area contributed by atoms with Crippen molar-refractivity contribution in [3.05, 3.63) is 60.0 Å². The van der Waals surface area contributed by atoms with Crippen LogP contribution >= 0.6 is 0 Å². The first-order chi connectivity index (χ1) is 10.8. The minimum absolute atomic E-state index is 0.192. The van der Waals surface area contributed by atoms with E-state index in [-0.39, 0.29) is 6.04 Å². The molecular weight excluding hydrogens is 278 g/mol. The van der Waals surface area contributed by atoms with Crippen molar-refractivity contribution in [3.8, 4) is 17.5 Å². The van der Waals surface area contributed by atoms with Crippen molar-refractivity contribution in [2.75, 3.05) is 5.32 Å². The molecule has 0 bridgehead atoms. The molecule has 1 atom stereocenters. The van der Waals surface area contributed by atoms with Crippen molar-refractivity contribution in [3.63, 3.8) is 0 Å². The highest BCUT2D eigenvalue weighted by atomic mass is 16.5. The van der Waals surface area contributed by atoms with Crippen LogP contribution in [0.1, 0.15) is 24.5 Å². The normalized spacial score (nSPS) is 11.6. The van der Waals surface area contributed by atoms with Crippen molar-refractivity contribution >= 4 is 5.82 Å². The molecule has 0 saturated heterocycles. The van der Waals surface area contributed by atoms with E-state index in [2.05, 4.69) is 20.4 Å². The zero-order chi connectivity index (χ0) is 15.4. The van der Waals surface area contributed by atoms with E-state index in [1.165, 1.54) is 0 Å². The molecule has 2 aromatic heterocycles. The highest BCUT2D eigenvalue weighted by Gasteiger charge is 2.15. The van der Waals surface area contributed by atoms with E-state index in [0.29, 0.717) is 23.2 Å². The molecule has 1 unspecified atom stereocenters. The van der Waals surface area contributed by atoms with Crippen LogP contribution in [-0.2, 0) is 0 Å². The second-order valence-electron chi connectivity index (χ2n) is 4.71. The summed E-state index contributed by atoms with van der Waals surface area (Å²) in [7, 11) is 0. The smallest absolute Gasteiger partial charge is 0.257 e. The number of nitrogens with zero attached hydrogens (tertiary/aromatic N) is 4. The summed E-state index contributed by atoms with van der Waals surface area (Å²) >= 11 is 0. The number of benzene rings is 1. The monoisotopic (exact) mass is 291 g/mol. The Kier molecular flexibility index (Phi) is 3.79. The number of hydrogen-bond donors (Lipinski definition) is 1. The van der Waals surface area contributed by atoms with Gasteiger partial charge in [-0.15, -0.1) is 0 Å². The Hall–Kier alpha value is -3.20. The molecule has 3 aromatic rings. The van der Waals surface area contributed by atoms with E-state index in [1.54, 1.807) is 18.2 Å². The van der Waals surface area contributed by atoms with E-state index >= 15 is 0 Å². The van der Waals surface area contributed by atoms with Gasteiger partial charge in [0.05, 0.1) is 6.04 Å². The third-order valence-corrected chi connectivity index (χ3v) is 3.08. The van der Waals surface area contributed by atoms with E-state index in [0.717, 1.165) is 5.56 Å². The summed E-state index contributed by atoms with van der Waals surface area (Å²) in [6, 6.07) is 16.6. The lowest BCUT2D eigenvalue weighted by Crippen LogP contribution is -2.09. The van der Waals surface area contributed by atoms with Crippen LogP contribution < -0.4 is 5.32 Å². The maximum atomic E-state index is 8.86. The lowest BCUT2D eigenvalue weighted by Gasteiger charge is -2.10. The summed E-state index contributed by atoms with van der Waals surface area (Å²) in [5.74, 6) is 1.60.